The molecule has 6 heteroatoms. The third-order valence-corrected chi connectivity index (χ3v) is 6.14. The summed E-state index contributed by atoms with van der Waals surface area (Å²) in [6.45, 7) is 6.82. The zero-order valence-electron chi connectivity index (χ0n) is 19.4. The van der Waals surface area contributed by atoms with Gasteiger partial charge in [-0.05, 0) is 69.2 Å². The van der Waals surface area contributed by atoms with Gasteiger partial charge in [0.25, 0.3) is 0 Å². The number of rotatable bonds is 9. The number of benzene rings is 2. The van der Waals surface area contributed by atoms with E-state index in [9.17, 15) is 5.11 Å². The fourth-order valence-corrected chi connectivity index (χ4v) is 4.52. The number of nitrogens with zero attached hydrogens (tertiary/aromatic N) is 3. The third-order valence-electron chi connectivity index (χ3n) is 6.14. The van der Waals surface area contributed by atoms with Gasteiger partial charge in [0, 0.05) is 13.1 Å². The van der Waals surface area contributed by atoms with Crippen molar-refractivity contribution in [2.45, 2.75) is 51.8 Å². The van der Waals surface area contributed by atoms with Crippen LogP contribution in [-0.2, 0) is 13.1 Å². The molecule has 32 heavy (non-hydrogen) atoms. The van der Waals surface area contributed by atoms with Crippen molar-refractivity contribution in [3.8, 4) is 5.75 Å². The smallest absolute Gasteiger partial charge is 0.121 e. The maximum absolute atomic E-state index is 10.4. The SMILES string of the molecule is Cc1cccc2[nH]c(CN(C)Cc3cccc(OC[C@H](O)CN4CCCCCC4)c3)nc12. The highest BCUT2D eigenvalue weighted by molar-refractivity contribution is 5.78. The van der Waals surface area contributed by atoms with Crippen molar-refractivity contribution in [3.63, 3.8) is 0 Å². The summed E-state index contributed by atoms with van der Waals surface area (Å²) in [5.74, 6) is 1.78. The first-order valence-electron chi connectivity index (χ1n) is 11.8. The van der Waals surface area contributed by atoms with Crippen LogP contribution in [0.15, 0.2) is 42.5 Å². The number of aromatic amines is 1. The highest BCUT2D eigenvalue weighted by Gasteiger charge is 2.14. The molecular formula is C26H36N4O2. The second-order valence-electron chi connectivity index (χ2n) is 9.15. The van der Waals surface area contributed by atoms with Gasteiger partial charge in [-0.3, -0.25) is 4.90 Å². The fourth-order valence-electron chi connectivity index (χ4n) is 4.52. The summed E-state index contributed by atoms with van der Waals surface area (Å²) in [4.78, 5) is 12.8. The van der Waals surface area contributed by atoms with Crippen LogP contribution >= 0.6 is 0 Å². The number of hydrogen-bond acceptors (Lipinski definition) is 5. The van der Waals surface area contributed by atoms with Crippen LogP contribution in [0, 0.1) is 6.92 Å². The van der Waals surface area contributed by atoms with Gasteiger partial charge >= 0.3 is 0 Å². The molecule has 0 aliphatic carbocycles. The van der Waals surface area contributed by atoms with Crippen LogP contribution in [-0.4, -0.2) is 64.3 Å². The van der Waals surface area contributed by atoms with E-state index >= 15 is 0 Å². The van der Waals surface area contributed by atoms with Crippen LogP contribution < -0.4 is 4.74 Å². The highest BCUT2D eigenvalue weighted by Crippen LogP contribution is 2.18. The van der Waals surface area contributed by atoms with Crippen LogP contribution in [0.5, 0.6) is 5.75 Å². The molecule has 0 radical (unpaired) electrons. The standard InChI is InChI=1S/C26H36N4O2/c1-20-9-7-12-24-26(20)28-25(27-24)18-29(2)16-21-10-8-11-23(15-21)32-19-22(31)17-30-13-5-3-4-6-14-30/h7-12,15,22,31H,3-6,13-14,16-19H2,1-2H3,(H,27,28)/t22-/m1/s1. The monoisotopic (exact) mass is 436 g/mol. The lowest BCUT2D eigenvalue weighted by Crippen LogP contribution is -2.36. The number of ether oxygens (including phenoxy) is 1. The quantitative estimate of drug-likeness (QED) is 0.528. The van der Waals surface area contributed by atoms with Crippen molar-refractivity contribution in [2.75, 3.05) is 33.3 Å². The summed E-state index contributed by atoms with van der Waals surface area (Å²) >= 11 is 0. The van der Waals surface area contributed by atoms with Crippen molar-refractivity contribution >= 4 is 11.0 Å². The van der Waals surface area contributed by atoms with Crippen LogP contribution in [0.2, 0.25) is 0 Å². The van der Waals surface area contributed by atoms with E-state index in [1.807, 2.05) is 12.1 Å². The molecule has 3 aromatic rings. The molecule has 1 aliphatic rings. The topological polar surface area (TPSA) is 64.6 Å². The first-order chi connectivity index (χ1) is 15.6. The zero-order chi connectivity index (χ0) is 22.3. The zero-order valence-corrected chi connectivity index (χ0v) is 19.4. The Morgan fingerprint density at radius 2 is 1.88 bits per heavy atom. The number of aryl methyl sites for hydroxylation is 1. The van der Waals surface area contributed by atoms with E-state index in [1.165, 1.54) is 36.8 Å². The molecule has 1 atom stereocenters. The number of para-hydroxylation sites is 1. The van der Waals surface area contributed by atoms with Crippen molar-refractivity contribution in [2.24, 2.45) is 0 Å². The number of aliphatic hydroxyl groups excluding tert-OH is 1. The maximum atomic E-state index is 10.4. The first-order valence-corrected chi connectivity index (χ1v) is 11.8. The molecule has 0 saturated carbocycles. The molecule has 0 bridgehead atoms. The molecule has 2 N–H and O–H groups in total. The maximum Gasteiger partial charge on any atom is 0.121 e. The van der Waals surface area contributed by atoms with Gasteiger partial charge in [-0.1, -0.05) is 37.1 Å². The highest BCUT2D eigenvalue weighted by atomic mass is 16.5. The predicted octanol–water partition coefficient (Wildman–Crippen LogP) is 4.12. The summed E-state index contributed by atoms with van der Waals surface area (Å²) < 4.78 is 5.92. The molecule has 6 nitrogen and oxygen atoms in total. The van der Waals surface area contributed by atoms with Crippen LogP contribution in [0.25, 0.3) is 11.0 Å². The molecule has 172 valence electrons. The molecule has 2 heterocycles. The predicted molar refractivity (Wildman–Crippen MR) is 129 cm³/mol. The van der Waals surface area contributed by atoms with Gasteiger partial charge in [0.15, 0.2) is 0 Å². The number of hydrogen-bond donors (Lipinski definition) is 2. The van der Waals surface area contributed by atoms with E-state index in [0.717, 1.165) is 48.8 Å². The Morgan fingerprint density at radius 1 is 1.09 bits per heavy atom. The Balaban J connectivity index is 1.27. The van der Waals surface area contributed by atoms with Gasteiger partial charge in [-0.2, -0.15) is 0 Å². The molecule has 0 amide bonds. The Labute approximate surface area is 191 Å². The molecule has 1 saturated heterocycles. The molecule has 0 unspecified atom stereocenters. The van der Waals surface area contributed by atoms with E-state index in [2.05, 4.69) is 59.1 Å². The summed E-state index contributed by atoms with van der Waals surface area (Å²) in [6.07, 6.45) is 4.62. The van der Waals surface area contributed by atoms with Crippen molar-refractivity contribution in [1.29, 1.82) is 0 Å². The first kappa shape index (κ1) is 22.8. The van der Waals surface area contributed by atoms with E-state index in [-0.39, 0.29) is 0 Å². The minimum atomic E-state index is -0.462. The normalized spacial score (nSPS) is 16.4. The van der Waals surface area contributed by atoms with Crippen LogP contribution in [0.3, 0.4) is 0 Å². The van der Waals surface area contributed by atoms with Crippen LogP contribution in [0.4, 0.5) is 0 Å². The number of nitrogens with one attached hydrogen (secondary N) is 1. The summed E-state index contributed by atoms with van der Waals surface area (Å²) in [7, 11) is 2.10. The van der Waals surface area contributed by atoms with E-state index in [1.54, 1.807) is 0 Å². The average molecular weight is 437 g/mol. The Kier molecular flexibility index (Phi) is 7.79. The summed E-state index contributed by atoms with van der Waals surface area (Å²) in [6, 6.07) is 14.4. The fraction of sp³-hybridized carbons (Fsp3) is 0.500. The Morgan fingerprint density at radius 3 is 2.66 bits per heavy atom. The van der Waals surface area contributed by atoms with Gasteiger partial charge < -0.3 is 19.7 Å². The lowest BCUT2D eigenvalue weighted by Gasteiger charge is -2.23. The number of fused-ring (bicyclic) bond motifs is 1. The average Bonchev–Trinajstić information content (AvgIpc) is 3.01. The van der Waals surface area contributed by atoms with E-state index in [4.69, 9.17) is 9.72 Å². The molecule has 2 aromatic carbocycles. The van der Waals surface area contributed by atoms with Gasteiger partial charge in [0.2, 0.25) is 0 Å². The number of aromatic nitrogens is 2. The molecule has 0 spiro atoms. The number of H-pyrrole nitrogens is 1. The van der Waals surface area contributed by atoms with Gasteiger partial charge in [0.05, 0.1) is 17.6 Å². The molecule has 1 aliphatic heterocycles. The van der Waals surface area contributed by atoms with Crippen molar-refractivity contribution < 1.29 is 9.84 Å². The lowest BCUT2D eigenvalue weighted by molar-refractivity contribution is 0.0693. The minimum Gasteiger partial charge on any atom is -0.491 e. The summed E-state index contributed by atoms with van der Waals surface area (Å²) in [5.41, 5.74) is 4.50. The molecule has 1 fully saturated rings. The second-order valence-corrected chi connectivity index (χ2v) is 9.15. The molecule has 1 aromatic heterocycles. The molecular weight excluding hydrogens is 400 g/mol. The number of likely N-dealkylation sites (tertiary alicyclic amines) is 1. The van der Waals surface area contributed by atoms with Crippen LogP contribution in [0.1, 0.15) is 42.6 Å². The van der Waals surface area contributed by atoms with Crippen molar-refractivity contribution in [3.05, 3.63) is 59.4 Å². The van der Waals surface area contributed by atoms with Crippen molar-refractivity contribution in [1.82, 2.24) is 19.8 Å². The third kappa shape index (κ3) is 6.31. The minimum absolute atomic E-state index is 0.328. The van der Waals surface area contributed by atoms with E-state index < -0.39 is 6.10 Å². The number of aliphatic hydroxyl groups is 1. The second kappa shape index (κ2) is 10.9. The summed E-state index contributed by atoms with van der Waals surface area (Å²) in [5, 5.41) is 10.4. The lowest BCUT2D eigenvalue weighted by atomic mass is 10.2. The van der Waals surface area contributed by atoms with E-state index in [0.29, 0.717) is 13.2 Å². The van der Waals surface area contributed by atoms with Gasteiger partial charge in [0.1, 0.15) is 24.3 Å². The molecule has 4 rings (SSSR count). The van der Waals surface area contributed by atoms with Gasteiger partial charge in [-0.15, -0.1) is 0 Å². The Bertz CT molecular complexity index is 994. The number of β-amino-alcohol motifs (C(OH)–C–C–N with tert-alkyl or cyclic N) is 1. The number of imidazole rings is 1. The Hall–Kier alpha value is -2.41. The largest absolute Gasteiger partial charge is 0.491 e. The van der Waals surface area contributed by atoms with Gasteiger partial charge in [-0.25, -0.2) is 4.98 Å².